The number of rotatable bonds is 6. The van der Waals surface area contributed by atoms with Gasteiger partial charge in [-0.2, -0.15) is 5.26 Å². The molecule has 5 nitrogen and oxygen atoms in total. The van der Waals surface area contributed by atoms with Gasteiger partial charge in [-0.1, -0.05) is 24.3 Å². The van der Waals surface area contributed by atoms with E-state index in [4.69, 9.17) is 5.26 Å². The summed E-state index contributed by atoms with van der Waals surface area (Å²) >= 11 is 0. The first kappa shape index (κ1) is 17.2. The third-order valence-electron chi connectivity index (χ3n) is 3.22. The number of nitrogens with zero attached hydrogens (tertiary/aromatic N) is 1. The van der Waals surface area contributed by atoms with Crippen molar-refractivity contribution >= 4 is 17.5 Å². The van der Waals surface area contributed by atoms with Crippen molar-refractivity contribution in [3.63, 3.8) is 0 Å². The normalized spacial score (nSPS) is 9.83. The van der Waals surface area contributed by atoms with Crippen molar-refractivity contribution in [1.82, 2.24) is 5.32 Å². The van der Waals surface area contributed by atoms with Crippen LogP contribution in [-0.2, 0) is 22.6 Å². The molecule has 0 saturated carbocycles. The number of benzene rings is 2. The number of amides is 2. The van der Waals surface area contributed by atoms with E-state index in [0.717, 1.165) is 5.56 Å². The average Bonchev–Trinajstić information content (AvgIpc) is 2.54. The van der Waals surface area contributed by atoms with Gasteiger partial charge in [0.05, 0.1) is 12.5 Å². The Morgan fingerprint density at radius 3 is 2.46 bits per heavy atom. The van der Waals surface area contributed by atoms with Gasteiger partial charge >= 0.3 is 0 Å². The Labute approximate surface area is 139 Å². The molecule has 6 heteroatoms. The molecule has 2 aromatic rings. The maximum Gasteiger partial charge on any atom is 0.238 e. The Hall–Kier alpha value is -3.20. The number of carbonyl (C=O) groups is 2. The Kier molecular flexibility index (Phi) is 6.03. The number of nitrogens with one attached hydrogen (secondary N) is 2. The SMILES string of the molecule is N#CCC(=O)Nc1ccc(CNC(=O)Cc2cccc(F)c2)cc1. The summed E-state index contributed by atoms with van der Waals surface area (Å²) in [5, 5.41) is 13.8. The van der Waals surface area contributed by atoms with E-state index in [9.17, 15) is 14.0 Å². The fourth-order valence-corrected chi connectivity index (χ4v) is 2.08. The van der Waals surface area contributed by atoms with Crippen LogP contribution >= 0.6 is 0 Å². The fraction of sp³-hybridized carbons (Fsp3) is 0.167. The molecule has 0 aliphatic rings. The first-order valence-corrected chi connectivity index (χ1v) is 7.33. The highest BCUT2D eigenvalue weighted by Gasteiger charge is 2.05. The van der Waals surface area contributed by atoms with Gasteiger partial charge < -0.3 is 10.6 Å². The molecule has 24 heavy (non-hydrogen) atoms. The van der Waals surface area contributed by atoms with Gasteiger partial charge in [-0.15, -0.1) is 0 Å². The summed E-state index contributed by atoms with van der Waals surface area (Å²) in [5.74, 6) is -0.935. The molecule has 0 saturated heterocycles. The van der Waals surface area contributed by atoms with Crippen LogP contribution < -0.4 is 10.6 Å². The highest BCUT2D eigenvalue weighted by atomic mass is 19.1. The van der Waals surface area contributed by atoms with Crippen LogP contribution in [0, 0.1) is 17.1 Å². The van der Waals surface area contributed by atoms with Crippen LogP contribution in [-0.4, -0.2) is 11.8 Å². The minimum absolute atomic E-state index is 0.111. The van der Waals surface area contributed by atoms with E-state index in [0.29, 0.717) is 17.8 Å². The third-order valence-corrected chi connectivity index (χ3v) is 3.22. The summed E-state index contributed by atoms with van der Waals surface area (Å²) in [4.78, 5) is 23.2. The number of carbonyl (C=O) groups excluding carboxylic acids is 2. The highest BCUT2D eigenvalue weighted by molar-refractivity contribution is 5.92. The molecule has 0 fully saturated rings. The van der Waals surface area contributed by atoms with Crippen molar-refractivity contribution in [2.24, 2.45) is 0 Å². The Morgan fingerprint density at radius 2 is 1.79 bits per heavy atom. The molecule has 2 N–H and O–H groups in total. The monoisotopic (exact) mass is 325 g/mol. The first-order valence-electron chi connectivity index (χ1n) is 7.33. The molecule has 0 aliphatic heterocycles. The van der Waals surface area contributed by atoms with Crippen LogP contribution in [0.25, 0.3) is 0 Å². The molecule has 0 unspecified atom stereocenters. The van der Waals surface area contributed by atoms with Gasteiger partial charge in [0, 0.05) is 12.2 Å². The van der Waals surface area contributed by atoms with Crippen molar-refractivity contribution in [2.75, 3.05) is 5.32 Å². The van der Waals surface area contributed by atoms with Crippen LogP contribution in [0.5, 0.6) is 0 Å². The number of anilines is 1. The lowest BCUT2D eigenvalue weighted by atomic mass is 10.1. The number of hydrogen-bond acceptors (Lipinski definition) is 3. The van der Waals surface area contributed by atoms with Gasteiger partial charge in [0.15, 0.2) is 0 Å². The third kappa shape index (κ3) is 5.54. The molecule has 0 heterocycles. The van der Waals surface area contributed by atoms with Crippen molar-refractivity contribution in [1.29, 1.82) is 5.26 Å². The van der Waals surface area contributed by atoms with E-state index in [-0.39, 0.29) is 30.5 Å². The molecular formula is C18H16FN3O2. The summed E-state index contributed by atoms with van der Waals surface area (Å²) in [6.45, 7) is 0.334. The standard InChI is InChI=1S/C18H16FN3O2/c19-15-3-1-2-14(10-15)11-18(24)21-12-13-4-6-16(7-5-13)22-17(23)8-9-20/h1-7,10H,8,11-12H2,(H,21,24)(H,22,23). The summed E-state index contributed by atoms with van der Waals surface area (Å²) < 4.78 is 13.1. The number of hydrogen-bond donors (Lipinski definition) is 2. The molecule has 0 radical (unpaired) electrons. The quantitative estimate of drug-likeness (QED) is 0.856. The molecule has 2 rings (SSSR count). The van der Waals surface area contributed by atoms with Gasteiger partial charge in [0.1, 0.15) is 12.2 Å². The molecule has 122 valence electrons. The second kappa shape index (κ2) is 8.44. The van der Waals surface area contributed by atoms with E-state index in [1.165, 1.54) is 12.1 Å². The van der Waals surface area contributed by atoms with Crippen molar-refractivity contribution in [3.05, 3.63) is 65.5 Å². The van der Waals surface area contributed by atoms with Crippen LogP contribution in [0.3, 0.4) is 0 Å². The predicted octanol–water partition coefficient (Wildman–Crippen LogP) is 2.54. The minimum Gasteiger partial charge on any atom is -0.352 e. The molecule has 0 spiro atoms. The molecule has 2 aromatic carbocycles. The smallest absolute Gasteiger partial charge is 0.238 e. The lowest BCUT2D eigenvalue weighted by molar-refractivity contribution is -0.120. The zero-order valence-corrected chi connectivity index (χ0v) is 12.9. The largest absolute Gasteiger partial charge is 0.352 e. The van der Waals surface area contributed by atoms with Crippen LogP contribution in [0.4, 0.5) is 10.1 Å². The van der Waals surface area contributed by atoms with E-state index >= 15 is 0 Å². The molecule has 0 aromatic heterocycles. The Balaban J connectivity index is 1.82. The van der Waals surface area contributed by atoms with Crippen molar-refractivity contribution in [2.45, 2.75) is 19.4 Å². The van der Waals surface area contributed by atoms with Gasteiger partial charge in [-0.05, 0) is 35.4 Å². The topological polar surface area (TPSA) is 82.0 Å². The average molecular weight is 325 g/mol. The molecule has 0 aliphatic carbocycles. The highest BCUT2D eigenvalue weighted by Crippen LogP contribution is 2.10. The maximum atomic E-state index is 13.1. The molecule has 0 bridgehead atoms. The summed E-state index contributed by atoms with van der Waals surface area (Å²) in [6.07, 6.45) is -0.0854. The fourth-order valence-electron chi connectivity index (χ4n) is 2.08. The van der Waals surface area contributed by atoms with E-state index in [2.05, 4.69) is 10.6 Å². The first-order chi connectivity index (χ1) is 11.6. The second-order valence-electron chi connectivity index (χ2n) is 5.16. The summed E-state index contributed by atoms with van der Waals surface area (Å²) in [6, 6.07) is 14.6. The molecule has 0 atom stereocenters. The van der Waals surface area contributed by atoms with Crippen LogP contribution in [0.1, 0.15) is 17.5 Å². The molecular weight excluding hydrogens is 309 g/mol. The van der Waals surface area contributed by atoms with E-state index in [1.807, 2.05) is 0 Å². The van der Waals surface area contributed by atoms with Crippen LogP contribution in [0.15, 0.2) is 48.5 Å². The van der Waals surface area contributed by atoms with E-state index < -0.39 is 0 Å². The lowest BCUT2D eigenvalue weighted by Crippen LogP contribution is -2.24. The maximum absolute atomic E-state index is 13.1. The minimum atomic E-state index is -0.367. The van der Waals surface area contributed by atoms with Gasteiger partial charge in [-0.25, -0.2) is 4.39 Å². The summed E-state index contributed by atoms with van der Waals surface area (Å²) in [5.41, 5.74) is 2.06. The Morgan fingerprint density at radius 1 is 1.04 bits per heavy atom. The molecule has 2 amide bonds. The van der Waals surface area contributed by atoms with Crippen molar-refractivity contribution in [3.8, 4) is 6.07 Å². The summed E-state index contributed by atoms with van der Waals surface area (Å²) in [7, 11) is 0. The second-order valence-corrected chi connectivity index (χ2v) is 5.16. The zero-order chi connectivity index (χ0) is 17.4. The lowest BCUT2D eigenvalue weighted by Gasteiger charge is -2.07. The van der Waals surface area contributed by atoms with Gasteiger partial charge in [0.2, 0.25) is 11.8 Å². The zero-order valence-electron chi connectivity index (χ0n) is 12.9. The Bertz CT molecular complexity index is 767. The van der Waals surface area contributed by atoms with E-state index in [1.54, 1.807) is 42.5 Å². The number of halogens is 1. The predicted molar refractivity (Wildman–Crippen MR) is 87.3 cm³/mol. The van der Waals surface area contributed by atoms with Gasteiger partial charge in [-0.3, -0.25) is 9.59 Å². The van der Waals surface area contributed by atoms with Gasteiger partial charge in [0.25, 0.3) is 0 Å². The van der Waals surface area contributed by atoms with Crippen LogP contribution in [0.2, 0.25) is 0 Å². The van der Waals surface area contributed by atoms with Crippen molar-refractivity contribution < 1.29 is 14.0 Å². The number of nitriles is 1.